The summed E-state index contributed by atoms with van der Waals surface area (Å²) in [5, 5.41) is 4.08. The van der Waals surface area contributed by atoms with Gasteiger partial charge in [-0.25, -0.2) is 0 Å². The van der Waals surface area contributed by atoms with E-state index < -0.39 is 6.04 Å². The van der Waals surface area contributed by atoms with Gasteiger partial charge >= 0.3 is 0 Å². The number of carbonyl (C=O) groups excluding carboxylic acids is 2. The zero-order valence-corrected chi connectivity index (χ0v) is 21.7. The second-order valence-corrected chi connectivity index (χ2v) is 9.61. The first-order valence-electron chi connectivity index (χ1n) is 12.0. The summed E-state index contributed by atoms with van der Waals surface area (Å²) in [4.78, 5) is 28.8. The molecule has 0 aliphatic heterocycles. The smallest absolute Gasteiger partial charge is 0.243 e. The Hall–Kier alpha value is -2.82. The zero-order valence-electron chi connectivity index (χ0n) is 20.2. The Labute approximate surface area is 218 Å². The summed E-state index contributed by atoms with van der Waals surface area (Å²) >= 11 is 12.6. The minimum absolute atomic E-state index is 0.00108. The van der Waals surface area contributed by atoms with Crippen LogP contribution >= 0.6 is 23.2 Å². The zero-order chi connectivity index (χ0) is 25.2. The monoisotopic (exact) mass is 510 g/mol. The number of amides is 2. The fourth-order valence-electron chi connectivity index (χ4n) is 3.87. The fraction of sp³-hybridized carbons (Fsp3) is 0.310. The van der Waals surface area contributed by atoms with Crippen LogP contribution in [0.4, 0.5) is 0 Å². The molecule has 0 heterocycles. The molecule has 0 fully saturated rings. The van der Waals surface area contributed by atoms with Gasteiger partial charge in [-0.05, 0) is 48.6 Å². The maximum Gasteiger partial charge on any atom is 0.243 e. The third kappa shape index (κ3) is 8.12. The van der Waals surface area contributed by atoms with Gasteiger partial charge in [0.25, 0.3) is 0 Å². The van der Waals surface area contributed by atoms with Gasteiger partial charge in [-0.2, -0.15) is 0 Å². The number of halogens is 2. The Morgan fingerprint density at radius 2 is 1.54 bits per heavy atom. The highest BCUT2D eigenvalue weighted by atomic mass is 35.5. The summed E-state index contributed by atoms with van der Waals surface area (Å²) in [6.45, 7) is 4.21. The molecule has 1 N–H and O–H groups in total. The highest BCUT2D eigenvalue weighted by Crippen LogP contribution is 2.25. The number of nitrogens with zero attached hydrogens (tertiary/aromatic N) is 1. The molecular formula is C29H32Cl2N2O2. The number of benzene rings is 3. The van der Waals surface area contributed by atoms with E-state index in [9.17, 15) is 9.59 Å². The molecule has 4 nitrogen and oxygen atoms in total. The second kappa shape index (κ2) is 13.3. The Bertz CT molecular complexity index is 1110. The Kier molecular flexibility index (Phi) is 10.2. The van der Waals surface area contributed by atoms with Gasteiger partial charge in [0.1, 0.15) is 6.04 Å². The molecule has 0 saturated carbocycles. The van der Waals surface area contributed by atoms with Crippen molar-refractivity contribution in [3.8, 4) is 0 Å². The molecule has 3 aromatic carbocycles. The molecule has 0 saturated heterocycles. The summed E-state index contributed by atoms with van der Waals surface area (Å²) in [6, 6.07) is 24.2. The first-order valence-corrected chi connectivity index (χ1v) is 12.7. The standard InChI is InChI=1S/C29H32Cl2N2O2/c1-3-21(2)32-29(35)27(18-23-12-8-5-9-13-23)33(20-24-15-16-25(30)19-26(24)31)28(34)17-14-22-10-6-4-7-11-22/h4-13,15-16,19,21,27H,3,14,17-18,20H2,1-2H3,(H,32,35)/t21-,27-/m1/s1. The summed E-state index contributed by atoms with van der Waals surface area (Å²) in [5.41, 5.74) is 2.81. The van der Waals surface area contributed by atoms with E-state index in [1.165, 1.54) is 0 Å². The number of nitrogens with one attached hydrogen (secondary N) is 1. The molecule has 3 aromatic rings. The van der Waals surface area contributed by atoms with Crippen LogP contribution in [0.3, 0.4) is 0 Å². The molecule has 184 valence electrons. The summed E-state index contributed by atoms with van der Waals surface area (Å²) < 4.78 is 0. The van der Waals surface area contributed by atoms with E-state index in [1.54, 1.807) is 17.0 Å². The van der Waals surface area contributed by atoms with Crippen LogP contribution < -0.4 is 5.32 Å². The largest absolute Gasteiger partial charge is 0.352 e. The van der Waals surface area contributed by atoms with Crippen molar-refractivity contribution in [2.24, 2.45) is 0 Å². The van der Waals surface area contributed by atoms with Crippen molar-refractivity contribution in [3.05, 3.63) is 106 Å². The van der Waals surface area contributed by atoms with Gasteiger partial charge in [-0.1, -0.05) is 96.9 Å². The van der Waals surface area contributed by atoms with Crippen LogP contribution in [0.15, 0.2) is 78.9 Å². The van der Waals surface area contributed by atoms with Crippen LogP contribution in [-0.2, 0) is 29.0 Å². The lowest BCUT2D eigenvalue weighted by Gasteiger charge is -2.32. The van der Waals surface area contributed by atoms with Crippen molar-refractivity contribution in [2.45, 2.75) is 58.2 Å². The van der Waals surface area contributed by atoms with Crippen LogP contribution in [0.1, 0.15) is 43.4 Å². The fourth-order valence-corrected chi connectivity index (χ4v) is 4.34. The Morgan fingerprint density at radius 3 is 2.14 bits per heavy atom. The van der Waals surface area contributed by atoms with Gasteiger partial charge in [0.2, 0.25) is 11.8 Å². The Balaban J connectivity index is 1.94. The summed E-state index contributed by atoms with van der Waals surface area (Å²) in [7, 11) is 0. The van der Waals surface area contributed by atoms with Crippen molar-refractivity contribution < 1.29 is 9.59 Å². The summed E-state index contributed by atoms with van der Waals surface area (Å²) in [5.74, 6) is -0.263. The third-order valence-corrected chi connectivity index (χ3v) is 6.69. The first kappa shape index (κ1) is 26.8. The van der Waals surface area contributed by atoms with E-state index in [2.05, 4.69) is 5.32 Å². The molecule has 2 atom stereocenters. The van der Waals surface area contributed by atoms with Crippen LogP contribution in [0.2, 0.25) is 10.0 Å². The third-order valence-electron chi connectivity index (χ3n) is 6.10. The van der Waals surface area contributed by atoms with Crippen LogP contribution in [0.25, 0.3) is 0 Å². The quantitative estimate of drug-likeness (QED) is 0.320. The molecule has 0 aliphatic rings. The van der Waals surface area contributed by atoms with Crippen LogP contribution in [0, 0.1) is 0 Å². The van der Waals surface area contributed by atoms with Crippen LogP contribution in [0.5, 0.6) is 0 Å². The van der Waals surface area contributed by atoms with Crippen LogP contribution in [-0.4, -0.2) is 28.8 Å². The van der Waals surface area contributed by atoms with Gasteiger partial charge in [-0.15, -0.1) is 0 Å². The van der Waals surface area contributed by atoms with Gasteiger partial charge in [0.05, 0.1) is 0 Å². The van der Waals surface area contributed by atoms with Gasteiger partial charge in [-0.3, -0.25) is 9.59 Å². The molecule has 0 radical (unpaired) electrons. The molecule has 0 aliphatic carbocycles. The van der Waals surface area contributed by atoms with Crippen molar-refractivity contribution in [1.29, 1.82) is 0 Å². The highest BCUT2D eigenvalue weighted by molar-refractivity contribution is 6.35. The predicted molar refractivity (Wildman–Crippen MR) is 144 cm³/mol. The predicted octanol–water partition coefficient (Wildman–Crippen LogP) is 6.48. The number of carbonyl (C=O) groups is 2. The maximum atomic E-state index is 13.7. The van der Waals surface area contributed by atoms with Crippen molar-refractivity contribution in [1.82, 2.24) is 10.2 Å². The average molecular weight is 511 g/mol. The lowest BCUT2D eigenvalue weighted by Crippen LogP contribution is -2.52. The number of aryl methyl sites for hydroxylation is 1. The molecule has 0 bridgehead atoms. The van der Waals surface area contributed by atoms with E-state index in [4.69, 9.17) is 23.2 Å². The molecule has 3 rings (SSSR count). The second-order valence-electron chi connectivity index (χ2n) is 8.77. The van der Waals surface area contributed by atoms with E-state index in [1.807, 2.05) is 80.6 Å². The topological polar surface area (TPSA) is 49.4 Å². The number of hydrogen-bond acceptors (Lipinski definition) is 2. The lowest BCUT2D eigenvalue weighted by atomic mass is 10.0. The van der Waals surface area contributed by atoms with Crippen molar-refractivity contribution >= 4 is 35.0 Å². The number of rotatable bonds is 11. The summed E-state index contributed by atoms with van der Waals surface area (Å²) in [6.07, 6.45) is 2.09. The van der Waals surface area contributed by atoms with E-state index in [0.717, 1.165) is 23.1 Å². The molecule has 6 heteroatoms. The minimum Gasteiger partial charge on any atom is -0.352 e. The molecule has 2 amide bonds. The van der Waals surface area contributed by atoms with E-state index >= 15 is 0 Å². The Morgan fingerprint density at radius 1 is 0.914 bits per heavy atom. The first-order chi connectivity index (χ1) is 16.9. The lowest BCUT2D eigenvalue weighted by molar-refractivity contribution is -0.141. The van der Waals surface area contributed by atoms with Crippen molar-refractivity contribution in [3.63, 3.8) is 0 Å². The van der Waals surface area contributed by atoms with Gasteiger partial charge in [0, 0.05) is 35.5 Å². The highest BCUT2D eigenvalue weighted by Gasteiger charge is 2.31. The normalized spacial score (nSPS) is 12.6. The SMILES string of the molecule is CC[C@@H](C)NC(=O)[C@@H](Cc1ccccc1)N(Cc1ccc(Cl)cc1Cl)C(=O)CCc1ccccc1. The van der Waals surface area contributed by atoms with E-state index in [0.29, 0.717) is 22.9 Å². The molecule has 0 aromatic heterocycles. The average Bonchev–Trinajstić information content (AvgIpc) is 2.87. The molecule has 35 heavy (non-hydrogen) atoms. The van der Waals surface area contributed by atoms with Gasteiger partial charge in [0.15, 0.2) is 0 Å². The van der Waals surface area contributed by atoms with E-state index in [-0.39, 0.29) is 30.8 Å². The molecule has 0 spiro atoms. The minimum atomic E-state index is -0.679. The molecular weight excluding hydrogens is 479 g/mol. The molecule has 0 unspecified atom stereocenters. The number of hydrogen-bond donors (Lipinski definition) is 1. The maximum absolute atomic E-state index is 13.7. The van der Waals surface area contributed by atoms with Gasteiger partial charge < -0.3 is 10.2 Å². The van der Waals surface area contributed by atoms with Crippen molar-refractivity contribution in [2.75, 3.05) is 0 Å².